The summed E-state index contributed by atoms with van der Waals surface area (Å²) in [6.07, 6.45) is 0. The Morgan fingerprint density at radius 3 is 2.42 bits per heavy atom. The zero-order valence-electron chi connectivity index (χ0n) is 6.37. The second-order valence-corrected chi connectivity index (χ2v) is 4.71. The Labute approximate surface area is 82.2 Å². The fourth-order valence-corrected chi connectivity index (χ4v) is 1.89. The lowest BCUT2D eigenvalue weighted by atomic mass is 10.4. The standard InChI is InChI=1S/C8H9BrO2S/c9-7-1-3-8(4-2-7)12(11)6-5-10/h1-4,10H,5-6H2/t12-/m1/s1. The third-order valence-electron chi connectivity index (χ3n) is 1.35. The number of hydrogen-bond donors (Lipinski definition) is 1. The molecular formula is C8H9BrO2S. The minimum absolute atomic E-state index is 0.0390. The zero-order chi connectivity index (χ0) is 8.97. The zero-order valence-corrected chi connectivity index (χ0v) is 8.77. The van der Waals surface area contributed by atoms with Gasteiger partial charge in [-0.05, 0) is 24.3 Å². The summed E-state index contributed by atoms with van der Waals surface area (Å²) < 4.78 is 12.3. The largest absolute Gasteiger partial charge is 0.395 e. The first kappa shape index (κ1) is 9.89. The van der Waals surface area contributed by atoms with Crippen molar-refractivity contribution in [2.45, 2.75) is 4.90 Å². The predicted molar refractivity (Wildman–Crippen MR) is 52.5 cm³/mol. The summed E-state index contributed by atoms with van der Waals surface area (Å²) in [6.45, 7) is -0.0390. The average Bonchev–Trinajstić information content (AvgIpc) is 2.06. The van der Waals surface area contributed by atoms with E-state index < -0.39 is 10.8 Å². The summed E-state index contributed by atoms with van der Waals surface area (Å²) >= 11 is 3.29. The first-order valence-corrected chi connectivity index (χ1v) is 5.60. The van der Waals surface area contributed by atoms with Gasteiger partial charge in [0.15, 0.2) is 0 Å². The van der Waals surface area contributed by atoms with Crippen molar-refractivity contribution in [3.63, 3.8) is 0 Å². The highest BCUT2D eigenvalue weighted by Crippen LogP contribution is 2.13. The first-order chi connectivity index (χ1) is 5.74. The Kier molecular flexibility index (Phi) is 3.91. The van der Waals surface area contributed by atoms with Gasteiger partial charge in [0.1, 0.15) is 0 Å². The van der Waals surface area contributed by atoms with Gasteiger partial charge in [0.2, 0.25) is 0 Å². The van der Waals surface area contributed by atoms with Crippen molar-refractivity contribution in [1.29, 1.82) is 0 Å². The molecule has 1 aromatic carbocycles. The van der Waals surface area contributed by atoms with Crippen LogP contribution in [0.15, 0.2) is 33.6 Å². The van der Waals surface area contributed by atoms with E-state index in [0.29, 0.717) is 5.75 Å². The second kappa shape index (κ2) is 4.74. The van der Waals surface area contributed by atoms with Crippen molar-refractivity contribution in [3.8, 4) is 0 Å². The van der Waals surface area contributed by atoms with Crippen molar-refractivity contribution in [2.24, 2.45) is 0 Å². The molecule has 0 aliphatic carbocycles. The normalized spacial score (nSPS) is 12.8. The van der Waals surface area contributed by atoms with Crippen LogP contribution in [0.2, 0.25) is 0 Å². The molecule has 0 spiro atoms. The van der Waals surface area contributed by atoms with E-state index in [0.717, 1.165) is 9.37 Å². The SMILES string of the molecule is O=[S@](CCO)c1ccc(Br)cc1. The average molecular weight is 249 g/mol. The molecule has 1 aromatic rings. The van der Waals surface area contributed by atoms with E-state index in [-0.39, 0.29) is 6.61 Å². The topological polar surface area (TPSA) is 37.3 Å². The monoisotopic (exact) mass is 248 g/mol. The third kappa shape index (κ3) is 2.69. The molecule has 0 bridgehead atoms. The molecule has 0 heterocycles. The van der Waals surface area contributed by atoms with Crippen LogP contribution >= 0.6 is 15.9 Å². The summed E-state index contributed by atoms with van der Waals surface area (Å²) in [4.78, 5) is 0.757. The van der Waals surface area contributed by atoms with Crippen LogP contribution in [-0.2, 0) is 10.8 Å². The molecule has 66 valence electrons. The lowest BCUT2D eigenvalue weighted by molar-refractivity contribution is 0.321. The molecular weight excluding hydrogens is 240 g/mol. The van der Waals surface area contributed by atoms with Crippen molar-refractivity contribution in [3.05, 3.63) is 28.7 Å². The molecule has 12 heavy (non-hydrogen) atoms. The number of benzene rings is 1. The summed E-state index contributed by atoms with van der Waals surface area (Å²) in [5.74, 6) is 0.307. The van der Waals surface area contributed by atoms with Gasteiger partial charge in [-0.1, -0.05) is 15.9 Å². The van der Waals surface area contributed by atoms with Crippen LogP contribution in [0.5, 0.6) is 0 Å². The van der Waals surface area contributed by atoms with Gasteiger partial charge in [-0.2, -0.15) is 0 Å². The maximum absolute atomic E-state index is 11.3. The Hall–Kier alpha value is -0.190. The predicted octanol–water partition coefficient (Wildman–Crippen LogP) is 1.55. The lowest BCUT2D eigenvalue weighted by Gasteiger charge is -1.98. The molecule has 1 N–H and O–H groups in total. The molecule has 0 aromatic heterocycles. The second-order valence-electron chi connectivity index (χ2n) is 2.23. The van der Waals surface area contributed by atoms with E-state index in [9.17, 15) is 4.21 Å². The van der Waals surface area contributed by atoms with E-state index in [4.69, 9.17) is 5.11 Å². The summed E-state index contributed by atoms with van der Waals surface area (Å²) in [5.41, 5.74) is 0. The first-order valence-electron chi connectivity index (χ1n) is 3.49. The van der Waals surface area contributed by atoms with Crippen molar-refractivity contribution >= 4 is 26.7 Å². The van der Waals surface area contributed by atoms with Gasteiger partial charge in [-0.15, -0.1) is 0 Å². The molecule has 1 atom stereocenters. The quantitative estimate of drug-likeness (QED) is 0.882. The molecule has 0 radical (unpaired) electrons. The molecule has 0 saturated heterocycles. The van der Waals surface area contributed by atoms with Gasteiger partial charge in [-0.3, -0.25) is 4.21 Å². The number of aliphatic hydroxyl groups is 1. The Morgan fingerprint density at radius 1 is 1.33 bits per heavy atom. The van der Waals surface area contributed by atoms with E-state index in [1.165, 1.54) is 0 Å². The Morgan fingerprint density at radius 2 is 1.92 bits per heavy atom. The molecule has 0 fully saturated rings. The van der Waals surface area contributed by atoms with E-state index in [2.05, 4.69) is 15.9 Å². The van der Waals surface area contributed by atoms with Crippen LogP contribution in [0.25, 0.3) is 0 Å². The molecule has 0 amide bonds. The Bertz CT molecular complexity index is 271. The van der Waals surface area contributed by atoms with Crippen LogP contribution in [0.4, 0.5) is 0 Å². The van der Waals surface area contributed by atoms with Gasteiger partial charge < -0.3 is 5.11 Å². The number of hydrogen-bond acceptors (Lipinski definition) is 2. The van der Waals surface area contributed by atoms with Crippen LogP contribution < -0.4 is 0 Å². The fraction of sp³-hybridized carbons (Fsp3) is 0.250. The third-order valence-corrected chi connectivity index (χ3v) is 3.23. The number of aliphatic hydroxyl groups excluding tert-OH is 1. The lowest BCUT2D eigenvalue weighted by Crippen LogP contribution is -2.01. The molecule has 0 unspecified atom stereocenters. The van der Waals surface area contributed by atoms with Crippen molar-refractivity contribution < 1.29 is 9.32 Å². The van der Waals surface area contributed by atoms with Gasteiger partial charge in [-0.25, -0.2) is 0 Å². The maximum atomic E-state index is 11.3. The van der Waals surface area contributed by atoms with Crippen LogP contribution in [-0.4, -0.2) is 21.7 Å². The molecule has 0 saturated carbocycles. The minimum Gasteiger partial charge on any atom is -0.395 e. The van der Waals surface area contributed by atoms with Gasteiger partial charge in [0.05, 0.1) is 23.2 Å². The van der Waals surface area contributed by atoms with E-state index in [1.54, 1.807) is 12.1 Å². The van der Waals surface area contributed by atoms with Gasteiger partial charge >= 0.3 is 0 Å². The highest BCUT2D eigenvalue weighted by Gasteiger charge is 2.01. The maximum Gasteiger partial charge on any atom is 0.0552 e. The van der Waals surface area contributed by atoms with Gasteiger partial charge in [0, 0.05) is 9.37 Å². The van der Waals surface area contributed by atoms with E-state index in [1.807, 2.05) is 12.1 Å². The van der Waals surface area contributed by atoms with Crippen LogP contribution in [0.3, 0.4) is 0 Å². The number of rotatable bonds is 3. The fourth-order valence-electron chi connectivity index (χ4n) is 0.787. The Balaban J connectivity index is 2.75. The highest BCUT2D eigenvalue weighted by molar-refractivity contribution is 9.10. The van der Waals surface area contributed by atoms with Crippen LogP contribution in [0, 0.1) is 0 Å². The summed E-state index contributed by atoms with van der Waals surface area (Å²) in [6, 6.07) is 7.25. The number of halogens is 1. The summed E-state index contributed by atoms with van der Waals surface area (Å²) in [5, 5.41) is 8.55. The van der Waals surface area contributed by atoms with Crippen LogP contribution in [0.1, 0.15) is 0 Å². The smallest absolute Gasteiger partial charge is 0.0552 e. The molecule has 2 nitrogen and oxygen atoms in total. The van der Waals surface area contributed by atoms with Gasteiger partial charge in [0.25, 0.3) is 0 Å². The van der Waals surface area contributed by atoms with E-state index >= 15 is 0 Å². The van der Waals surface area contributed by atoms with Crippen molar-refractivity contribution in [2.75, 3.05) is 12.4 Å². The molecule has 4 heteroatoms. The molecule has 1 rings (SSSR count). The molecule has 0 aliphatic heterocycles. The minimum atomic E-state index is -1.06. The summed E-state index contributed by atoms with van der Waals surface area (Å²) in [7, 11) is -1.06. The molecule has 0 aliphatic rings. The highest BCUT2D eigenvalue weighted by atomic mass is 79.9. The van der Waals surface area contributed by atoms with Crippen molar-refractivity contribution in [1.82, 2.24) is 0 Å².